The van der Waals surface area contributed by atoms with Crippen LogP contribution < -0.4 is 5.32 Å². The number of benzene rings is 1. The van der Waals surface area contributed by atoms with Crippen LogP contribution in [0.1, 0.15) is 11.7 Å². The molecule has 1 N–H and O–H groups in total. The van der Waals surface area contributed by atoms with Gasteiger partial charge >= 0.3 is 0 Å². The molecule has 0 bridgehead atoms. The fourth-order valence-corrected chi connectivity index (χ4v) is 1.54. The first-order chi connectivity index (χ1) is 7.74. The maximum Gasteiger partial charge on any atom is 0.0945 e. The van der Waals surface area contributed by atoms with E-state index in [2.05, 4.69) is 36.4 Å². The molecule has 0 radical (unpaired) electrons. The van der Waals surface area contributed by atoms with E-state index in [0.29, 0.717) is 0 Å². The van der Waals surface area contributed by atoms with Crippen LogP contribution in [0.15, 0.2) is 30.3 Å². The minimum Gasteiger partial charge on any atom is -0.375 e. The van der Waals surface area contributed by atoms with Crippen molar-refractivity contribution < 1.29 is 4.74 Å². The standard InChI is InChI=1S/C13H22N2O/c1-15(2)10-9-14-11-13(16-3)12-7-5-4-6-8-12/h4-8,13-14H,9-11H2,1-3H3. The van der Waals surface area contributed by atoms with Gasteiger partial charge in [-0.15, -0.1) is 0 Å². The summed E-state index contributed by atoms with van der Waals surface area (Å²) in [5.74, 6) is 0. The molecular weight excluding hydrogens is 200 g/mol. The van der Waals surface area contributed by atoms with E-state index in [1.807, 2.05) is 18.2 Å². The molecule has 1 unspecified atom stereocenters. The molecule has 0 aromatic heterocycles. The van der Waals surface area contributed by atoms with Gasteiger partial charge in [0.15, 0.2) is 0 Å². The molecule has 1 rings (SSSR count). The van der Waals surface area contributed by atoms with Crippen LogP contribution in [-0.2, 0) is 4.74 Å². The monoisotopic (exact) mass is 222 g/mol. The Morgan fingerprint density at radius 1 is 1.25 bits per heavy atom. The zero-order valence-electron chi connectivity index (χ0n) is 10.4. The molecule has 16 heavy (non-hydrogen) atoms. The zero-order valence-corrected chi connectivity index (χ0v) is 10.4. The first-order valence-corrected chi connectivity index (χ1v) is 5.67. The molecule has 0 saturated carbocycles. The summed E-state index contributed by atoms with van der Waals surface area (Å²) in [5, 5.41) is 3.40. The van der Waals surface area contributed by atoms with E-state index >= 15 is 0 Å². The molecule has 90 valence electrons. The lowest BCUT2D eigenvalue weighted by Gasteiger charge is -2.17. The van der Waals surface area contributed by atoms with E-state index in [-0.39, 0.29) is 6.10 Å². The summed E-state index contributed by atoms with van der Waals surface area (Å²) in [6.45, 7) is 2.89. The van der Waals surface area contributed by atoms with Gasteiger partial charge < -0.3 is 15.0 Å². The number of ether oxygens (including phenoxy) is 1. The molecule has 0 spiro atoms. The van der Waals surface area contributed by atoms with E-state index in [1.54, 1.807) is 7.11 Å². The minimum atomic E-state index is 0.142. The largest absolute Gasteiger partial charge is 0.375 e. The molecule has 0 saturated heterocycles. The molecule has 0 heterocycles. The van der Waals surface area contributed by atoms with Crippen LogP contribution in [0.25, 0.3) is 0 Å². The second kappa shape index (κ2) is 7.39. The lowest BCUT2D eigenvalue weighted by atomic mass is 10.1. The highest BCUT2D eigenvalue weighted by Gasteiger charge is 2.08. The maximum atomic E-state index is 5.47. The van der Waals surface area contributed by atoms with E-state index in [9.17, 15) is 0 Å². The molecule has 0 aliphatic carbocycles. The van der Waals surface area contributed by atoms with Crippen LogP contribution in [0, 0.1) is 0 Å². The number of hydrogen-bond acceptors (Lipinski definition) is 3. The van der Waals surface area contributed by atoms with Crippen molar-refractivity contribution in [3.8, 4) is 0 Å². The van der Waals surface area contributed by atoms with Crippen molar-refractivity contribution >= 4 is 0 Å². The molecular formula is C13H22N2O. The van der Waals surface area contributed by atoms with Crippen LogP contribution in [0.3, 0.4) is 0 Å². The predicted octanol–water partition coefficient (Wildman–Crippen LogP) is 1.53. The van der Waals surface area contributed by atoms with Gasteiger partial charge in [-0.2, -0.15) is 0 Å². The van der Waals surface area contributed by atoms with E-state index in [0.717, 1.165) is 19.6 Å². The van der Waals surface area contributed by atoms with Crippen LogP contribution in [-0.4, -0.2) is 45.7 Å². The molecule has 3 nitrogen and oxygen atoms in total. The van der Waals surface area contributed by atoms with Crippen LogP contribution in [0.4, 0.5) is 0 Å². The van der Waals surface area contributed by atoms with E-state index in [1.165, 1.54) is 5.56 Å². The molecule has 0 aliphatic heterocycles. The van der Waals surface area contributed by atoms with Crippen molar-refractivity contribution in [2.45, 2.75) is 6.10 Å². The lowest BCUT2D eigenvalue weighted by molar-refractivity contribution is 0.102. The molecule has 3 heteroatoms. The average Bonchev–Trinajstić information content (AvgIpc) is 2.30. The second-order valence-electron chi connectivity index (χ2n) is 4.14. The Balaban J connectivity index is 2.33. The number of nitrogens with zero attached hydrogens (tertiary/aromatic N) is 1. The summed E-state index contributed by atoms with van der Waals surface area (Å²) in [6.07, 6.45) is 0.142. The Morgan fingerprint density at radius 2 is 1.94 bits per heavy atom. The zero-order chi connectivity index (χ0) is 11.8. The van der Waals surface area contributed by atoms with E-state index in [4.69, 9.17) is 4.74 Å². The third kappa shape index (κ3) is 4.75. The lowest BCUT2D eigenvalue weighted by Crippen LogP contribution is -2.30. The normalized spacial score (nSPS) is 13.0. The quantitative estimate of drug-likeness (QED) is 0.708. The minimum absolute atomic E-state index is 0.142. The Bertz CT molecular complexity index is 275. The number of hydrogen-bond donors (Lipinski definition) is 1. The van der Waals surface area contributed by atoms with Gasteiger partial charge in [-0.3, -0.25) is 0 Å². The first-order valence-electron chi connectivity index (χ1n) is 5.67. The number of nitrogens with one attached hydrogen (secondary N) is 1. The first kappa shape index (κ1) is 13.2. The van der Waals surface area contributed by atoms with Gasteiger partial charge in [-0.25, -0.2) is 0 Å². The summed E-state index contributed by atoms with van der Waals surface area (Å²) in [6, 6.07) is 10.3. The molecule has 0 fully saturated rings. The fraction of sp³-hybridized carbons (Fsp3) is 0.538. The summed E-state index contributed by atoms with van der Waals surface area (Å²) in [5.41, 5.74) is 1.22. The number of methoxy groups -OCH3 is 1. The van der Waals surface area contributed by atoms with Crippen molar-refractivity contribution in [1.82, 2.24) is 10.2 Å². The highest BCUT2D eigenvalue weighted by Crippen LogP contribution is 2.14. The van der Waals surface area contributed by atoms with Gasteiger partial charge in [0, 0.05) is 26.7 Å². The third-order valence-corrected chi connectivity index (χ3v) is 2.52. The Hall–Kier alpha value is -0.900. The van der Waals surface area contributed by atoms with Gasteiger partial charge in [0.1, 0.15) is 0 Å². The van der Waals surface area contributed by atoms with Crippen LogP contribution >= 0.6 is 0 Å². The molecule has 1 atom stereocenters. The maximum absolute atomic E-state index is 5.47. The second-order valence-corrected chi connectivity index (χ2v) is 4.14. The van der Waals surface area contributed by atoms with Gasteiger partial charge in [-0.1, -0.05) is 30.3 Å². The van der Waals surface area contributed by atoms with Crippen molar-refractivity contribution in [1.29, 1.82) is 0 Å². The van der Waals surface area contributed by atoms with Crippen molar-refractivity contribution in [2.75, 3.05) is 40.8 Å². The topological polar surface area (TPSA) is 24.5 Å². The smallest absolute Gasteiger partial charge is 0.0945 e. The highest BCUT2D eigenvalue weighted by atomic mass is 16.5. The summed E-state index contributed by atoms with van der Waals surface area (Å²) < 4.78 is 5.47. The highest BCUT2D eigenvalue weighted by molar-refractivity contribution is 5.17. The van der Waals surface area contributed by atoms with Crippen LogP contribution in [0.2, 0.25) is 0 Å². The van der Waals surface area contributed by atoms with Crippen molar-refractivity contribution in [2.24, 2.45) is 0 Å². The Morgan fingerprint density at radius 3 is 2.50 bits per heavy atom. The Labute approximate surface area is 98.4 Å². The molecule has 1 aromatic carbocycles. The van der Waals surface area contributed by atoms with Crippen LogP contribution in [0.5, 0.6) is 0 Å². The van der Waals surface area contributed by atoms with Gasteiger partial charge in [-0.05, 0) is 19.7 Å². The van der Waals surface area contributed by atoms with Gasteiger partial charge in [0.05, 0.1) is 6.10 Å². The Kier molecular flexibility index (Phi) is 6.08. The summed E-state index contributed by atoms with van der Waals surface area (Å²) >= 11 is 0. The number of rotatable bonds is 7. The fourth-order valence-electron chi connectivity index (χ4n) is 1.54. The summed E-state index contributed by atoms with van der Waals surface area (Å²) in [4.78, 5) is 2.16. The van der Waals surface area contributed by atoms with Crippen molar-refractivity contribution in [3.63, 3.8) is 0 Å². The van der Waals surface area contributed by atoms with E-state index < -0.39 is 0 Å². The molecule has 0 amide bonds. The van der Waals surface area contributed by atoms with Gasteiger partial charge in [0.25, 0.3) is 0 Å². The number of likely N-dealkylation sites (N-methyl/N-ethyl adjacent to an activating group) is 1. The molecule has 1 aromatic rings. The van der Waals surface area contributed by atoms with Crippen molar-refractivity contribution in [3.05, 3.63) is 35.9 Å². The molecule has 0 aliphatic rings. The third-order valence-electron chi connectivity index (χ3n) is 2.52. The average molecular weight is 222 g/mol. The van der Waals surface area contributed by atoms with Gasteiger partial charge in [0.2, 0.25) is 0 Å². The SMILES string of the molecule is COC(CNCCN(C)C)c1ccccc1. The summed E-state index contributed by atoms with van der Waals surface area (Å²) in [7, 11) is 5.91. The predicted molar refractivity (Wildman–Crippen MR) is 67.6 cm³/mol.